The smallest absolute Gasteiger partial charge is 0.139 e. The number of fused-ring (bicyclic) bond motifs is 1. The second kappa shape index (κ2) is 5.97. The lowest BCUT2D eigenvalue weighted by molar-refractivity contribution is 0.362. The highest BCUT2D eigenvalue weighted by molar-refractivity contribution is 7.98. The first-order valence-corrected chi connectivity index (χ1v) is 7.63. The predicted octanol–water partition coefficient (Wildman–Crippen LogP) is 3.31. The van der Waals surface area contributed by atoms with Crippen molar-refractivity contribution in [1.82, 2.24) is 20.2 Å². The number of ether oxygens (including phenoxy) is 1. The highest BCUT2D eigenvalue weighted by atomic mass is 32.2. The summed E-state index contributed by atoms with van der Waals surface area (Å²) in [5.41, 5.74) is 2.71. The number of hydrogen-bond donors (Lipinski definition) is 1. The zero-order valence-electron chi connectivity index (χ0n) is 11.5. The monoisotopic (exact) mass is 298 g/mol. The normalized spacial score (nSPS) is 10.7. The van der Waals surface area contributed by atoms with E-state index in [-0.39, 0.29) is 0 Å². The fourth-order valence-corrected chi connectivity index (χ4v) is 2.63. The summed E-state index contributed by atoms with van der Waals surface area (Å²) in [6.45, 7) is 4.15. The van der Waals surface area contributed by atoms with Crippen molar-refractivity contribution in [1.29, 1.82) is 0 Å². The van der Waals surface area contributed by atoms with Crippen molar-refractivity contribution in [3.8, 4) is 17.1 Å². The Hall–Kier alpha value is -2.34. The van der Waals surface area contributed by atoms with Crippen LogP contribution in [0.15, 0.2) is 48.1 Å². The molecule has 0 aliphatic heterocycles. The standard InChI is InChI=1S/C15H14N4OS/c1-3-6-20-10-4-5-11(14(7-10)21-2)15-18-12-8-16-17-9-13(12)19-15/h3-5,7-9H,1,6H2,2H3,(H,18,19). The second-order valence-corrected chi connectivity index (χ2v) is 5.18. The van der Waals surface area contributed by atoms with Crippen molar-refractivity contribution in [3.63, 3.8) is 0 Å². The number of nitrogens with one attached hydrogen (secondary N) is 1. The van der Waals surface area contributed by atoms with Gasteiger partial charge in [0.2, 0.25) is 0 Å². The molecule has 6 heteroatoms. The van der Waals surface area contributed by atoms with Crippen LogP contribution in [-0.4, -0.2) is 33.0 Å². The van der Waals surface area contributed by atoms with Crippen LogP contribution in [-0.2, 0) is 0 Å². The fourth-order valence-electron chi connectivity index (χ4n) is 2.02. The van der Waals surface area contributed by atoms with Crippen molar-refractivity contribution in [2.75, 3.05) is 12.9 Å². The molecule has 2 heterocycles. The van der Waals surface area contributed by atoms with Gasteiger partial charge in [0, 0.05) is 10.5 Å². The van der Waals surface area contributed by atoms with Crippen molar-refractivity contribution < 1.29 is 4.74 Å². The minimum absolute atomic E-state index is 0.495. The molecule has 106 valence electrons. The third-order valence-corrected chi connectivity index (χ3v) is 3.77. The van der Waals surface area contributed by atoms with E-state index in [4.69, 9.17) is 4.74 Å². The minimum atomic E-state index is 0.495. The molecule has 1 aromatic carbocycles. The Morgan fingerprint density at radius 2 is 2.19 bits per heavy atom. The van der Waals surface area contributed by atoms with Crippen LogP contribution in [0.4, 0.5) is 0 Å². The molecule has 0 aliphatic carbocycles. The van der Waals surface area contributed by atoms with Crippen LogP contribution < -0.4 is 4.74 Å². The molecule has 0 radical (unpaired) electrons. The molecule has 3 rings (SSSR count). The summed E-state index contributed by atoms with van der Waals surface area (Å²) in [6.07, 6.45) is 7.08. The Bertz CT molecular complexity index is 751. The lowest BCUT2D eigenvalue weighted by Gasteiger charge is -2.08. The average Bonchev–Trinajstić information content (AvgIpc) is 2.96. The number of aromatic nitrogens is 4. The van der Waals surface area contributed by atoms with Gasteiger partial charge in [-0.15, -0.1) is 11.8 Å². The van der Waals surface area contributed by atoms with E-state index in [1.807, 2.05) is 24.5 Å². The van der Waals surface area contributed by atoms with E-state index in [0.29, 0.717) is 6.61 Å². The molecule has 1 N–H and O–H groups in total. The van der Waals surface area contributed by atoms with Gasteiger partial charge in [-0.05, 0) is 24.5 Å². The van der Waals surface area contributed by atoms with E-state index < -0.39 is 0 Å². The SMILES string of the molecule is C=CCOc1ccc(-c2nc3cnncc3[nH]2)c(SC)c1. The van der Waals surface area contributed by atoms with Gasteiger partial charge in [-0.25, -0.2) is 4.98 Å². The molecule has 0 amide bonds. The highest BCUT2D eigenvalue weighted by Crippen LogP contribution is 2.32. The third kappa shape index (κ3) is 2.75. The molecule has 3 aromatic rings. The number of H-pyrrole nitrogens is 1. The molecule has 0 saturated carbocycles. The number of imidazole rings is 1. The summed E-state index contributed by atoms with van der Waals surface area (Å²) in [7, 11) is 0. The van der Waals surface area contributed by atoms with E-state index >= 15 is 0 Å². The van der Waals surface area contributed by atoms with E-state index in [1.54, 1.807) is 30.2 Å². The van der Waals surface area contributed by atoms with Gasteiger partial charge in [0.05, 0.1) is 17.9 Å². The van der Waals surface area contributed by atoms with Gasteiger partial charge in [0.1, 0.15) is 23.7 Å². The van der Waals surface area contributed by atoms with Gasteiger partial charge in [-0.2, -0.15) is 10.2 Å². The van der Waals surface area contributed by atoms with E-state index in [1.165, 1.54) is 0 Å². The maximum absolute atomic E-state index is 5.57. The lowest BCUT2D eigenvalue weighted by Crippen LogP contribution is -1.93. The van der Waals surface area contributed by atoms with Crippen LogP contribution in [0, 0.1) is 0 Å². The Balaban J connectivity index is 2.02. The molecule has 0 unspecified atom stereocenters. The number of benzene rings is 1. The molecule has 0 atom stereocenters. The Morgan fingerprint density at radius 1 is 1.33 bits per heavy atom. The molecule has 0 fully saturated rings. The largest absolute Gasteiger partial charge is 0.490 e. The molecule has 5 nitrogen and oxygen atoms in total. The van der Waals surface area contributed by atoms with Crippen LogP contribution in [0.1, 0.15) is 0 Å². The lowest BCUT2D eigenvalue weighted by atomic mass is 10.2. The Kier molecular flexibility index (Phi) is 3.87. The van der Waals surface area contributed by atoms with Crippen molar-refractivity contribution >= 4 is 22.8 Å². The van der Waals surface area contributed by atoms with Gasteiger partial charge in [0.25, 0.3) is 0 Å². The summed E-state index contributed by atoms with van der Waals surface area (Å²) >= 11 is 1.65. The maximum Gasteiger partial charge on any atom is 0.139 e. The van der Waals surface area contributed by atoms with Crippen molar-refractivity contribution in [3.05, 3.63) is 43.2 Å². The highest BCUT2D eigenvalue weighted by Gasteiger charge is 2.11. The zero-order chi connectivity index (χ0) is 14.7. The van der Waals surface area contributed by atoms with Crippen LogP contribution in [0.3, 0.4) is 0 Å². The molecule has 0 bridgehead atoms. The van der Waals surface area contributed by atoms with E-state index in [0.717, 1.165) is 33.1 Å². The quantitative estimate of drug-likeness (QED) is 0.578. The van der Waals surface area contributed by atoms with Crippen LogP contribution in [0.25, 0.3) is 22.4 Å². The van der Waals surface area contributed by atoms with Gasteiger partial charge < -0.3 is 9.72 Å². The zero-order valence-corrected chi connectivity index (χ0v) is 12.4. The van der Waals surface area contributed by atoms with Gasteiger partial charge in [-0.1, -0.05) is 12.7 Å². The van der Waals surface area contributed by atoms with Crippen molar-refractivity contribution in [2.45, 2.75) is 4.90 Å². The number of aromatic amines is 1. The number of hydrogen-bond acceptors (Lipinski definition) is 5. The minimum Gasteiger partial charge on any atom is -0.490 e. The number of nitrogens with zero attached hydrogens (tertiary/aromatic N) is 3. The third-order valence-electron chi connectivity index (χ3n) is 2.99. The fraction of sp³-hybridized carbons (Fsp3) is 0.133. The van der Waals surface area contributed by atoms with E-state index in [9.17, 15) is 0 Å². The van der Waals surface area contributed by atoms with E-state index in [2.05, 4.69) is 26.7 Å². The van der Waals surface area contributed by atoms with Gasteiger partial charge >= 0.3 is 0 Å². The number of thioether (sulfide) groups is 1. The average molecular weight is 298 g/mol. The first kappa shape index (κ1) is 13.6. The molecular weight excluding hydrogens is 284 g/mol. The van der Waals surface area contributed by atoms with Gasteiger partial charge in [0.15, 0.2) is 0 Å². The Labute approximate surface area is 126 Å². The Morgan fingerprint density at radius 3 is 2.95 bits per heavy atom. The first-order chi connectivity index (χ1) is 10.3. The first-order valence-electron chi connectivity index (χ1n) is 6.40. The summed E-state index contributed by atoms with van der Waals surface area (Å²) in [6, 6.07) is 5.94. The van der Waals surface area contributed by atoms with Crippen LogP contribution in [0.5, 0.6) is 5.75 Å². The molecule has 0 saturated heterocycles. The van der Waals surface area contributed by atoms with Gasteiger partial charge in [-0.3, -0.25) is 0 Å². The summed E-state index contributed by atoms with van der Waals surface area (Å²) in [5, 5.41) is 7.70. The topological polar surface area (TPSA) is 63.7 Å². The molecule has 21 heavy (non-hydrogen) atoms. The van der Waals surface area contributed by atoms with Crippen LogP contribution in [0.2, 0.25) is 0 Å². The summed E-state index contributed by atoms with van der Waals surface area (Å²) in [5.74, 6) is 1.63. The predicted molar refractivity (Wildman–Crippen MR) is 84.6 cm³/mol. The summed E-state index contributed by atoms with van der Waals surface area (Å²) in [4.78, 5) is 8.91. The molecule has 0 spiro atoms. The molecular formula is C15H14N4OS. The molecule has 0 aliphatic rings. The second-order valence-electron chi connectivity index (χ2n) is 4.34. The summed E-state index contributed by atoms with van der Waals surface area (Å²) < 4.78 is 5.57. The van der Waals surface area contributed by atoms with Crippen molar-refractivity contribution in [2.24, 2.45) is 0 Å². The van der Waals surface area contributed by atoms with Crippen LogP contribution >= 0.6 is 11.8 Å². The number of rotatable bonds is 5. The molecule has 2 aromatic heterocycles. The maximum atomic E-state index is 5.57.